The fraction of sp³-hybridized carbons (Fsp3) is 0.385. The number of hydrogen-bond donors (Lipinski definition) is 1. The van der Waals surface area contributed by atoms with Crippen molar-refractivity contribution in [1.82, 2.24) is 5.43 Å². The summed E-state index contributed by atoms with van der Waals surface area (Å²) < 4.78 is 36.1. The number of sulfone groups is 1. The largest absolute Gasteiger partial charge is 0.273 e. The molecule has 0 saturated carbocycles. The van der Waals surface area contributed by atoms with E-state index in [1.54, 1.807) is 25.1 Å². The van der Waals surface area contributed by atoms with Crippen LogP contribution in [0.4, 0.5) is 4.39 Å². The van der Waals surface area contributed by atoms with Crippen LogP contribution in [0.2, 0.25) is 0 Å². The zero-order chi connectivity index (χ0) is 14.8. The molecule has 1 aromatic rings. The van der Waals surface area contributed by atoms with E-state index in [1.165, 1.54) is 6.07 Å². The van der Waals surface area contributed by atoms with Gasteiger partial charge >= 0.3 is 0 Å². The second kappa shape index (κ2) is 5.70. The summed E-state index contributed by atoms with van der Waals surface area (Å²) in [6.45, 7) is 1.57. The van der Waals surface area contributed by atoms with Gasteiger partial charge in [-0.3, -0.25) is 4.79 Å². The second-order valence-corrected chi connectivity index (χ2v) is 6.98. The van der Waals surface area contributed by atoms with Gasteiger partial charge in [0.2, 0.25) is 5.91 Å². The van der Waals surface area contributed by atoms with Gasteiger partial charge in [-0.25, -0.2) is 18.2 Å². The number of carbonyl (C=O) groups is 1. The third-order valence-electron chi connectivity index (χ3n) is 3.20. The van der Waals surface area contributed by atoms with Crippen molar-refractivity contribution in [3.8, 4) is 0 Å². The first-order valence-electron chi connectivity index (χ1n) is 6.18. The van der Waals surface area contributed by atoms with Gasteiger partial charge in [0.1, 0.15) is 5.82 Å². The molecule has 1 aliphatic rings. The van der Waals surface area contributed by atoms with Crippen molar-refractivity contribution in [3.63, 3.8) is 0 Å². The molecule has 1 fully saturated rings. The SMILES string of the molecule is C/C(=N/NC(=O)[C@H]1CCS(=O)(=O)C1)c1ccccc1F. The number of hydrazone groups is 1. The van der Waals surface area contributed by atoms with Gasteiger partial charge in [0.15, 0.2) is 9.84 Å². The minimum atomic E-state index is -3.11. The Balaban J connectivity index is 2.03. The number of halogens is 1. The molecule has 5 nitrogen and oxygen atoms in total. The van der Waals surface area contributed by atoms with Crippen LogP contribution in [-0.4, -0.2) is 31.5 Å². The van der Waals surface area contributed by atoms with E-state index >= 15 is 0 Å². The molecule has 0 radical (unpaired) electrons. The van der Waals surface area contributed by atoms with Crippen LogP contribution in [-0.2, 0) is 14.6 Å². The Morgan fingerprint density at radius 3 is 2.70 bits per heavy atom. The molecule has 1 N–H and O–H groups in total. The Morgan fingerprint density at radius 1 is 1.40 bits per heavy atom. The summed E-state index contributed by atoms with van der Waals surface area (Å²) in [5.41, 5.74) is 2.93. The Kier molecular flexibility index (Phi) is 4.17. The van der Waals surface area contributed by atoms with Crippen LogP contribution in [0, 0.1) is 11.7 Å². The monoisotopic (exact) mass is 298 g/mol. The lowest BCUT2D eigenvalue weighted by Gasteiger charge is -2.07. The van der Waals surface area contributed by atoms with Gasteiger partial charge in [0.25, 0.3) is 0 Å². The van der Waals surface area contributed by atoms with Gasteiger partial charge in [-0.1, -0.05) is 18.2 Å². The van der Waals surface area contributed by atoms with Crippen LogP contribution < -0.4 is 5.43 Å². The minimum absolute atomic E-state index is 0.0289. The molecule has 0 aliphatic carbocycles. The molecule has 1 saturated heterocycles. The zero-order valence-corrected chi connectivity index (χ0v) is 11.8. The Hall–Kier alpha value is -1.76. The molecule has 0 spiro atoms. The first-order valence-corrected chi connectivity index (χ1v) is 8.00. The van der Waals surface area contributed by atoms with Gasteiger partial charge in [0.05, 0.1) is 23.1 Å². The smallest absolute Gasteiger partial charge is 0.244 e. The maximum absolute atomic E-state index is 13.5. The van der Waals surface area contributed by atoms with Crippen LogP contribution in [0.3, 0.4) is 0 Å². The number of hydrogen-bond acceptors (Lipinski definition) is 4. The topological polar surface area (TPSA) is 75.6 Å². The third kappa shape index (κ3) is 3.41. The van der Waals surface area contributed by atoms with E-state index in [9.17, 15) is 17.6 Å². The Labute approximate surface area is 116 Å². The first-order chi connectivity index (χ1) is 9.39. The molecular formula is C13H15FN2O3S. The van der Waals surface area contributed by atoms with Crippen molar-refractivity contribution in [1.29, 1.82) is 0 Å². The Morgan fingerprint density at radius 2 is 2.10 bits per heavy atom. The van der Waals surface area contributed by atoms with E-state index in [-0.39, 0.29) is 11.5 Å². The van der Waals surface area contributed by atoms with Crippen molar-refractivity contribution in [2.75, 3.05) is 11.5 Å². The molecule has 0 aromatic heterocycles. The van der Waals surface area contributed by atoms with Gasteiger partial charge < -0.3 is 0 Å². The molecule has 0 bridgehead atoms. The number of nitrogens with zero attached hydrogens (tertiary/aromatic N) is 1. The molecule has 7 heteroatoms. The molecule has 1 heterocycles. The second-order valence-electron chi connectivity index (χ2n) is 4.75. The predicted molar refractivity (Wildman–Crippen MR) is 73.5 cm³/mol. The standard InChI is InChI=1S/C13H15FN2O3S/c1-9(11-4-2-3-5-12(11)14)15-16-13(17)10-6-7-20(18,19)8-10/h2-5,10H,6-8H2,1H3,(H,16,17)/b15-9-/t10-/m0/s1. The zero-order valence-electron chi connectivity index (χ0n) is 11.0. The number of nitrogens with one attached hydrogen (secondary N) is 1. The first kappa shape index (κ1) is 14.6. The van der Waals surface area contributed by atoms with Crippen molar-refractivity contribution in [2.45, 2.75) is 13.3 Å². The normalized spacial score (nSPS) is 21.7. The molecule has 2 rings (SSSR count). The van der Waals surface area contributed by atoms with Gasteiger partial charge in [-0.05, 0) is 19.4 Å². The molecule has 108 valence electrons. The van der Waals surface area contributed by atoms with E-state index in [1.807, 2.05) is 0 Å². The highest BCUT2D eigenvalue weighted by Gasteiger charge is 2.32. The summed E-state index contributed by atoms with van der Waals surface area (Å²) in [4.78, 5) is 11.8. The highest BCUT2D eigenvalue weighted by Crippen LogP contribution is 2.18. The average molecular weight is 298 g/mol. The molecule has 1 amide bonds. The lowest BCUT2D eigenvalue weighted by molar-refractivity contribution is -0.124. The summed E-state index contributed by atoms with van der Waals surface area (Å²) >= 11 is 0. The van der Waals surface area contributed by atoms with E-state index in [0.29, 0.717) is 17.7 Å². The summed E-state index contributed by atoms with van der Waals surface area (Å²) in [6, 6.07) is 6.09. The summed E-state index contributed by atoms with van der Waals surface area (Å²) in [5.74, 6) is -1.56. The maximum atomic E-state index is 13.5. The van der Waals surface area contributed by atoms with Crippen LogP contribution in [0.25, 0.3) is 0 Å². The molecule has 1 atom stereocenters. The number of carbonyl (C=O) groups excluding carboxylic acids is 1. The maximum Gasteiger partial charge on any atom is 0.244 e. The molecule has 0 unspecified atom stereocenters. The van der Waals surface area contributed by atoms with Crippen LogP contribution in [0.5, 0.6) is 0 Å². The van der Waals surface area contributed by atoms with E-state index < -0.39 is 27.5 Å². The summed E-state index contributed by atoms with van der Waals surface area (Å²) in [6.07, 6.45) is 0.308. The van der Waals surface area contributed by atoms with Gasteiger partial charge in [0, 0.05) is 5.56 Å². The Bertz CT molecular complexity index is 655. The van der Waals surface area contributed by atoms with Crippen LogP contribution >= 0.6 is 0 Å². The number of amides is 1. The van der Waals surface area contributed by atoms with Crippen LogP contribution in [0.1, 0.15) is 18.9 Å². The summed E-state index contributed by atoms with van der Waals surface area (Å²) in [7, 11) is -3.11. The third-order valence-corrected chi connectivity index (χ3v) is 4.97. The molecule has 20 heavy (non-hydrogen) atoms. The van der Waals surface area contributed by atoms with Crippen molar-refractivity contribution in [3.05, 3.63) is 35.6 Å². The van der Waals surface area contributed by atoms with Crippen molar-refractivity contribution >= 4 is 21.5 Å². The van der Waals surface area contributed by atoms with E-state index in [0.717, 1.165) is 0 Å². The lowest BCUT2D eigenvalue weighted by Crippen LogP contribution is -2.28. The van der Waals surface area contributed by atoms with Gasteiger partial charge in [-0.15, -0.1) is 0 Å². The minimum Gasteiger partial charge on any atom is -0.273 e. The number of rotatable bonds is 3. The van der Waals surface area contributed by atoms with Gasteiger partial charge in [-0.2, -0.15) is 5.10 Å². The van der Waals surface area contributed by atoms with Crippen LogP contribution in [0.15, 0.2) is 29.4 Å². The number of benzene rings is 1. The van der Waals surface area contributed by atoms with E-state index in [4.69, 9.17) is 0 Å². The quantitative estimate of drug-likeness (QED) is 0.670. The van der Waals surface area contributed by atoms with Crippen molar-refractivity contribution in [2.24, 2.45) is 11.0 Å². The van der Waals surface area contributed by atoms with Crippen molar-refractivity contribution < 1.29 is 17.6 Å². The summed E-state index contributed by atoms with van der Waals surface area (Å²) in [5, 5.41) is 3.83. The molecule has 1 aromatic carbocycles. The highest BCUT2D eigenvalue weighted by molar-refractivity contribution is 7.91. The average Bonchev–Trinajstić information content (AvgIpc) is 2.76. The predicted octanol–water partition coefficient (Wildman–Crippen LogP) is 1.10. The van der Waals surface area contributed by atoms with E-state index in [2.05, 4.69) is 10.5 Å². The fourth-order valence-electron chi connectivity index (χ4n) is 2.05. The molecular weight excluding hydrogens is 283 g/mol. The molecule has 1 aliphatic heterocycles. The lowest BCUT2D eigenvalue weighted by atomic mass is 10.1. The highest BCUT2D eigenvalue weighted by atomic mass is 32.2. The fourth-order valence-corrected chi connectivity index (χ4v) is 3.79.